The number of β-amino-alcohol motifs (C(OH)–C–C–N with tert-alkyl or cyclic N) is 1. The van der Waals surface area contributed by atoms with Gasteiger partial charge in [-0.3, -0.25) is 14.6 Å². The van der Waals surface area contributed by atoms with E-state index >= 15 is 0 Å². The van der Waals surface area contributed by atoms with Gasteiger partial charge in [-0.1, -0.05) is 0 Å². The molecule has 0 unspecified atom stereocenters. The Morgan fingerprint density at radius 3 is 2.62 bits per heavy atom. The van der Waals surface area contributed by atoms with E-state index in [1.807, 2.05) is 0 Å². The molecule has 0 bridgehead atoms. The molecular weight excluding hydrogens is 433 g/mol. The molecule has 5 heterocycles. The number of aliphatic hydroxyl groups is 1. The molecule has 4 aromatic rings. The normalized spacial score (nSPS) is 14.7. The van der Waals surface area contributed by atoms with Crippen LogP contribution in [0.3, 0.4) is 0 Å². The lowest BCUT2D eigenvalue weighted by Crippen LogP contribution is -2.53. The Morgan fingerprint density at radius 2 is 1.97 bits per heavy atom. The number of oxazole rings is 1. The van der Waals surface area contributed by atoms with Crippen molar-refractivity contribution in [2.45, 2.75) is 12.3 Å². The van der Waals surface area contributed by atoms with Crippen molar-refractivity contribution in [2.24, 2.45) is 0 Å². The van der Waals surface area contributed by atoms with Crippen LogP contribution in [-0.2, 0) is 6.18 Å². The number of alkyl halides is 3. The molecular formula is C19H13F3N6O4. The predicted molar refractivity (Wildman–Crippen MR) is 101 cm³/mol. The van der Waals surface area contributed by atoms with E-state index in [0.29, 0.717) is 11.8 Å². The number of rotatable bonds is 3. The third-order valence-electron chi connectivity index (χ3n) is 4.97. The quantitative estimate of drug-likeness (QED) is 0.489. The highest BCUT2D eigenvalue weighted by Crippen LogP contribution is 2.30. The van der Waals surface area contributed by atoms with Crippen LogP contribution >= 0.6 is 0 Å². The number of aliphatic hydroxyl groups excluding tert-OH is 1. The van der Waals surface area contributed by atoms with Gasteiger partial charge < -0.3 is 19.4 Å². The number of H-pyrrole nitrogens is 1. The Kier molecular flexibility index (Phi) is 4.37. The largest absolute Gasteiger partial charge is 0.432 e. The number of hydrogen-bond donors (Lipinski definition) is 2. The molecule has 5 rings (SSSR count). The van der Waals surface area contributed by atoms with Crippen LogP contribution in [0, 0.1) is 0 Å². The zero-order valence-corrected chi connectivity index (χ0v) is 16.0. The third-order valence-corrected chi connectivity index (χ3v) is 4.97. The molecule has 4 aromatic heterocycles. The van der Waals surface area contributed by atoms with Crippen molar-refractivity contribution in [3.05, 3.63) is 58.6 Å². The molecule has 13 heteroatoms. The van der Waals surface area contributed by atoms with Gasteiger partial charge in [0.1, 0.15) is 5.65 Å². The van der Waals surface area contributed by atoms with E-state index in [0.717, 1.165) is 22.7 Å². The highest BCUT2D eigenvalue weighted by atomic mass is 19.4. The number of amides is 1. The summed E-state index contributed by atoms with van der Waals surface area (Å²) in [6.07, 6.45) is -1.80. The number of pyridine rings is 1. The summed E-state index contributed by atoms with van der Waals surface area (Å²) in [6.45, 7) is 0.369. The highest BCUT2D eigenvalue weighted by Gasteiger charge is 2.33. The average molecular weight is 446 g/mol. The number of hydrogen-bond acceptors (Lipinski definition) is 7. The minimum absolute atomic E-state index is 0.120. The molecule has 0 aromatic carbocycles. The SMILES string of the molecule is O=C(c1ncc(-c2cnn3c(=O)cc(-c4ccc(C(F)(F)F)cn4)[nH]c23)o1)N1CC(O)C1. The first-order valence-corrected chi connectivity index (χ1v) is 9.29. The van der Waals surface area contributed by atoms with E-state index in [4.69, 9.17) is 4.42 Å². The molecule has 0 saturated carbocycles. The molecule has 1 amide bonds. The zero-order chi connectivity index (χ0) is 22.6. The lowest BCUT2D eigenvalue weighted by Gasteiger charge is -2.34. The Balaban J connectivity index is 1.51. The first kappa shape index (κ1) is 19.9. The molecule has 1 aliphatic heterocycles. The Bertz CT molecular complexity index is 1380. The molecule has 10 nitrogen and oxygen atoms in total. The average Bonchev–Trinajstić information content (AvgIpc) is 3.37. The van der Waals surface area contributed by atoms with Gasteiger partial charge in [0.2, 0.25) is 0 Å². The molecule has 0 spiro atoms. The van der Waals surface area contributed by atoms with Crippen molar-refractivity contribution in [3.63, 3.8) is 0 Å². The molecule has 2 N–H and O–H groups in total. The maximum atomic E-state index is 12.8. The first-order valence-electron chi connectivity index (χ1n) is 9.29. The predicted octanol–water partition coefficient (Wildman–Crippen LogP) is 1.58. The van der Waals surface area contributed by atoms with Crippen molar-refractivity contribution < 1.29 is 27.5 Å². The van der Waals surface area contributed by atoms with Crippen LogP contribution < -0.4 is 5.56 Å². The second-order valence-corrected chi connectivity index (χ2v) is 7.16. The summed E-state index contributed by atoms with van der Waals surface area (Å²) >= 11 is 0. The van der Waals surface area contributed by atoms with E-state index in [1.54, 1.807) is 0 Å². The standard InChI is InChI=1S/C19H13F3N6O4/c20-19(21,22)9-1-2-12(23-4-9)13-3-15(30)28-16(26-13)11(5-25-28)14-6-24-17(32-14)18(31)27-7-10(29)8-27/h1-6,10,26,29H,7-8H2. The number of halogens is 3. The van der Waals surface area contributed by atoms with Crippen molar-refractivity contribution in [2.75, 3.05) is 13.1 Å². The van der Waals surface area contributed by atoms with Crippen LogP contribution in [-0.4, -0.2) is 59.7 Å². The summed E-state index contributed by atoms with van der Waals surface area (Å²) in [5, 5.41) is 13.3. The first-order chi connectivity index (χ1) is 15.2. The summed E-state index contributed by atoms with van der Waals surface area (Å²) in [4.78, 5) is 36.8. The number of nitrogens with one attached hydrogen (secondary N) is 1. The summed E-state index contributed by atoms with van der Waals surface area (Å²) in [7, 11) is 0. The van der Waals surface area contributed by atoms with Gasteiger partial charge in [0.05, 0.1) is 41.0 Å². The Hall–Kier alpha value is -4.00. The van der Waals surface area contributed by atoms with Crippen LogP contribution in [0.5, 0.6) is 0 Å². The van der Waals surface area contributed by atoms with Crippen molar-refractivity contribution in [1.29, 1.82) is 0 Å². The summed E-state index contributed by atoms with van der Waals surface area (Å²) in [5.74, 6) is -0.520. The second kappa shape index (κ2) is 7.02. The number of aromatic amines is 1. The van der Waals surface area contributed by atoms with Crippen LogP contribution in [0.15, 0.2) is 46.0 Å². The molecule has 0 atom stereocenters. The number of aromatic nitrogens is 5. The van der Waals surface area contributed by atoms with Gasteiger partial charge in [-0.05, 0) is 12.1 Å². The summed E-state index contributed by atoms with van der Waals surface area (Å²) in [5.41, 5.74) is -0.678. The van der Waals surface area contributed by atoms with Crippen molar-refractivity contribution in [1.82, 2.24) is 29.5 Å². The van der Waals surface area contributed by atoms with Gasteiger partial charge in [0.15, 0.2) is 5.76 Å². The molecule has 32 heavy (non-hydrogen) atoms. The molecule has 0 radical (unpaired) electrons. The minimum Gasteiger partial charge on any atom is -0.432 e. The number of carbonyl (C=O) groups excluding carboxylic acids is 1. The number of likely N-dealkylation sites (tertiary alicyclic amines) is 1. The molecule has 1 saturated heterocycles. The van der Waals surface area contributed by atoms with Crippen molar-refractivity contribution in [3.8, 4) is 22.7 Å². The van der Waals surface area contributed by atoms with E-state index in [2.05, 4.69) is 20.1 Å². The summed E-state index contributed by atoms with van der Waals surface area (Å²) in [6, 6.07) is 3.17. The van der Waals surface area contributed by atoms with E-state index in [1.165, 1.54) is 17.3 Å². The van der Waals surface area contributed by atoms with Gasteiger partial charge in [-0.15, -0.1) is 0 Å². The summed E-state index contributed by atoms with van der Waals surface area (Å²) < 4.78 is 44.9. The Morgan fingerprint density at radius 1 is 1.19 bits per heavy atom. The van der Waals surface area contributed by atoms with Gasteiger partial charge in [0.25, 0.3) is 11.4 Å². The van der Waals surface area contributed by atoms with Gasteiger partial charge in [-0.2, -0.15) is 22.8 Å². The minimum atomic E-state index is -4.53. The monoisotopic (exact) mass is 446 g/mol. The number of carbonyl (C=O) groups is 1. The van der Waals surface area contributed by atoms with Crippen LogP contribution in [0.4, 0.5) is 13.2 Å². The maximum absolute atomic E-state index is 12.8. The highest BCUT2D eigenvalue weighted by molar-refractivity contribution is 5.91. The maximum Gasteiger partial charge on any atom is 0.417 e. The third kappa shape index (κ3) is 3.32. The van der Waals surface area contributed by atoms with Gasteiger partial charge >= 0.3 is 12.1 Å². The van der Waals surface area contributed by atoms with Crippen LogP contribution in [0.2, 0.25) is 0 Å². The number of fused-ring (bicyclic) bond motifs is 1. The van der Waals surface area contributed by atoms with Crippen LogP contribution in [0.25, 0.3) is 28.4 Å². The second-order valence-electron chi connectivity index (χ2n) is 7.16. The van der Waals surface area contributed by atoms with E-state index in [9.17, 15) is 27.9 Å². The smallest absolute Gasteiger partial charge is 0.417 e. The van der Waals surface area contributed by atoms with Gasteiger partial charge in [0, 0.05) is 25.4 Å². The van der Waals surface area contributed by atoms with E-state index in [-0.39, 0.29) is 41.8 Å². The molecule has 1 fully saturated rings. The fraction of sp³-hybridized carbons (Fsp3) is 0.211. The fourth-order valence-corrected chi connectivity index (χ4v) is 3.28. The van der Waals surface area contributed by atoms with E-state index < -0.39 is 29.3 Å². The lowest BCUT2D eigenvalue weighted by atomic mass is 10.2. The molecule has 1 aliphatic rings. The lowest BCUT2D eigenvalue weighted by molar-refractivity contribution is -0.137. The number of nitrogens with zero attached hydrogens (tertiary/aromatic N) is 5. The zero-order valence-electron chi connectivity index (χ0n) is 16.0. The van der Waals surface area contributed by atoms with Gasteiger partial charge in [-0.25, -0.2) is 4.98 Å². The van der Waals surface area contributed by atoms with Crippen molar-refractivity contribution >= 4 is 11.6 Å². The fourth-order valence-electron chi connectivity index (χ4n) is 3.28. The van der Waals surface area contributed by atoms with Crippen LogP contribution in [0.1, 0.15) is 16.2 Å². The molecule has 164 valence electrons. The Labute approximate surface area is 175 Å². The molecule has 0 aliphatic carbocycles. The topological polar surface area (TPSA) is 130 Å².